The topological polar surface area (TPSA) is 67.2 Å². The summed E-state index contributed by atoms with van der Waals surface area (Å²) in [6.07, 6.45) is 1.81. The van der Waals surface area contributed by atoms with Gasteiger partial charge in [-0.2, -0.15) is 5.10 Å². The van der Waals surface area contributed by atoms with Crippen molar-refractivity contribution in [3.63, 3.8) is 0 Å². The van der Waals surface area contributed by atoms with Crippen molar-refractivity contribution >= 4 is 5.91 Å². The van der Waals surface area contributed by atoms with Crippen LogP contribution >= 0.6 is 0 Å². The molecule has 0 aliphatic carbocycles. The maximum atomic E-state index is 11.9. The van der Waals surface area contributed by atoms with Crippen molar-refractivity contribution in [2.24, 2.45) is 7.05 Å². The van der Waals surface area contributed by atoms with Gasteiger partial charge in [0.25, 0.3) is 5.91 Å². The highest BCUT2D eigenvalue weighted by molar-refractivity contribution is 5.97. The lowest BCUT2D eigenvalue weighted by Crippen LogP contribution is -2.23. The Hall–Kier alpha value is -2.30. The average molecular weight is 245 g/mol. The van der Waals surface area contributed by atoms with Crippen LogP contribution in [0.1, 0.15) is 21.6 Å². The number of aromatic hydroxyl groups is 1. The van der Waals surface area contributed by atoms with Gasteiger partial charge in [-0.25, -0.2) is 0 Å². The summed E-state index contributed by atoms with van der Waals surface area (Å²) in [6.45, 7) is 2.10. The number of phenolic OH excluding ortho intramolecular Hbond substituents is 1. The average Bonchev–Trinajstić information content (AvgIpc) is 2.76. The van der Waals surface area contributed by atoms with Crippen molar-refractivity contribution in [2.45, 2.75) is 13.5 Å². The van der Waals surface area contributed by atoms with Gasteiger partial charge in [-0.1, -0.05) is 12.1 Å². The minimum Gasteiger partial charge on any atom is -0.507 e. The summed E-state index contributed by atoms with van der Waals surface area (Å²) in [6, 6.07) is 6.92. The highest BCUT2D eigenvalue weighted by Gasteiger charge is 2.12. The summed E-state index contributed by atoms with van der Waals surface area (Å²) in [5.41, 5.74) is 1.74. The van der Waals surface area contributed by atoms with E-state index in [1.165, 1.54) is 0 Å². The molecule has 0 aliphatic heterocycles. The highest BCUT2D eigenvalue weighted by atomic mass is 16.3. The van der Waals surface area contributed by atoms with Crippen molar-refractivity contribution in [3.05, 3.63) is 47.3 Å². The maximum Gasteiger partial charge on any atom is 0.255 e. The van der Waals surface area contributed by atoms with E-state index in [-0.39, 0.29) is 17.2 Å². The number of para-hydroxylation sites is 1. The molecule has 5 heteroatoms. The van der Waals surface area contributed by atoms with E-state index in [2.05, 4.69) is 10.4 Å². The molecule has 2 N–H and O–H groups in total. The van der Waals surface area contributed by atoms with Crippen LogP contribution in [0.15, 0.2) is 30.5 Å². The normalized spacial score (nSPS) is 10.3. The molecule has 0 bridgehead atoms. The first-order valence-corrected chi connectivity index (χ1v) is 5.63. The molecule has 1 amide bonds. The number of hydrogen-bond acceptors (Lipinski definition) is 3. The molecule has 18 heavy (non-hydrogen) atoms. The fourth-order valence-corrected chi connectivity index (χ4v) is 1.67. The van der Waals surface area contributed by atoms with Gasteiger partial charge in [-0.3, -0.25) is 9.48 Å². The molecule has 0 unspecified atom stereocenters. The second-order valence-electron chi connectivity index (χ2n) is 4.13. The van der Waals surface area contributed by atoms with Gasteiger partial charge in [0.1, 0.15) is 5.75 Å². The van der Waals surface area contributed by atoms with Crippen molar-refractivity contribution in [1.29, 1.82) is 0 Å². The first-order valence-electron chi connectivity index (χ1n) is 5.63. The molecule has 2 aromatic rings. The zero-order chi connectivity index (χ0) is 13.1. The predicted molar refractivity (Wildman–Crippen MR) is 67.2 cm³/mol. The molecule has 2 rings (SSSR count). The van der Waals surface area contributed by atoms with Gasteiger partial charge in [0.2, 0.25) is 0 Å². The van der Waals surface area contributed by atoms with Crippen molar-refractivity contribution < 1.29 is 9.90 Å². The summed E-state index contributed by atoms with van der Waals surface area (Å²) in [7, 11) is 1.82. The van der Waals surface area contributed by atoms with Crippen LogP contribution in [0.25, 0.3) is 0 Å². The Bertz CT molecular complexity index is 575. The smallest absolute Gasteiger partial charge is 0.255 e. The van der Waals surface area contributed by atoms with Crippen molar-refractivity contribution in [1.82, 2.24) is 15.1 Å². The third-order valence-electron chi connectivity index (χ3n) is 2.68. The zero-order valence-corrected chi connectivity index (χ0v) is 10.3. The van der Waals surface area contributed by atoms with Crippen LogP contribution in [-0.4, -0.2) is 20.8 Å². The monoisotopic (exact) mass is 245 g/mol. The van der Waals surface area contributed by atoms with E-state index in [4.69, 9.17) is 0 Å². The van der Waals surface area contributed by atoms with Crippen molar-refractivity contribution in [3.8, 4) is 5.75 Å². The second-order valence-corrected chi connectivity index (χ2v) is 4.13. The van der Waals surface area contributed by atoms with E-state index in [9.17, 15) is 9.90 Å². The van der Waals surface area contributed by atoms with Gasteiger partial charge in [0.05, 0.1) is 17.8 Å². The number of aryl methyl sites for hydroxylation is 2. The predicted octanol–water partition coefficient (Wildman–Crippen LogP) is 1.36. The number of carbonyl (C=O) groups excluding carboxylic acids is 1. The molecule has 5 nitrogen and oxygen atoms in total. The third-order valence-corrected chi connectivity index (χ3v) is 2.68. The first-order chi connectivity index (χ1) is 8.58. The molecule has 0 atom stereocenters. The van der Waals surface area contributed by atoms with E-state index >= 15 is 0 Å². The molecule has 0 saturated heterocycles. The lowest BCUT2D eigenvalue weighted by Gasteiger charge is -2.07. The van der Waals surface area contributed by atoms with Gasteiger partial charge >= 0.3 is 0 Å². The molecule has 0 aliphatic rings. The van der Waals surface area contributed by atoms with Gasteiger partial charge in [-0.05, 0) is 24.6 Å². The maximum absolute atomic E-state index is 11.9. The Labute approximate surface area is 105 Å². The molecule has 94 valence electrons. The lowest BCUT2D eigenvalue weighted by molar-refractivity contribution is 0.0947. The Morgan fingerprint density at radius 2 is 2.22 bits per heavy atom. The van der Waals surface area contributed by atoms with Crippen LogP contribution in [0.2, 0.25) is 0 Å². The van der Waals surface area contributed by atoms with E-state index in [0.29, 0.717) is 12.1 Å². The SMILES string of the molecule is Cc1cccc(C(=O)NCc2ccn(C)n2)c1O. The fourth-order valence-electron chi connectivity index (χ4n) is 1.67. The van der Waals surface area contributed by atoms with Gasteiger partial charge in [-0.15, -0.1) is 0 Å². The number of carbonyl (C=O) groups is 1. The number of nitrogens with one attached hydrogen (secondary N) is 1. The largest absolute Gasteiger partial charge is 0.507 e. The fraction of sp³-hybridized carbons (Fsp3) is 0.231. The Kier molecular flexibility index (Phi) is 3.32. The van der Waals surface area contributed by atoms with Crippen LogP contribution in [-0.2, 0) is 13.6 Å². The molecular weight excluding hydrogens is 230 g/mol. The van der Waals surface area contributed by atoms with Gasteiger partial charge in [0, 0.05) is 13.2 Å². The number of amides is 1. The highest BCUT2D eigenvalue weighted by Crippen LogP contribution is 2.21. The second kappa shape index (κ2) is 4.91. The Morgan fingerprint density at radius 1 is 1.44 bits per heavy atom. The van der Waals surface area contributed by atoms with E-state index in [0.717, 1.165) is 5.69 Å². The molecule has 0 saturated carbocycles. The quantitative estimate of drug-likeness (QED) is 0.858. The number of hydrogen-bond donors (Lipinski definition) is 2. The van der Waals surface area contributed by atoms with Crippen LogP contribution in [0, 0.1) is 6.92 Å². The summed E-state index contributed by atoms with van der Waals surface area (Å²) in [5, 5.41) is 16.7. The zero-order valence-electron chi connectivity index (χ0n) is 10.3. The van der Waals surface area contributed by atoms with E-state index < -0.39 is 0 Å². The van der Waals surface area contributed by atoms with Crippen molar-refractivity contribution in [2.75, 3.05) is 0 Å². The van der Waals surface area contributed by atoms with Crippen LogP contribution in [0.4, 0.5) is 0 Å². The number of rotatable bonds is 3. The standard InChI is InChI=1S/C13H15N3O2/c1-9-4-3-5-11(12(9)17)13(18)14-8-10-6-7-16(2)15-10/h3-7,17H,8H2,1-2H3,(H,14,18). The summed E-state index contributed by atoms with van der Waals surface area (Å²) >= 11 is 0. The molecule has 1 aromatic carbocycles. The number of nitrogens with zero attached hydrogens (tertiary/aromatic N) is 2. The summed E-state index contributed by atoms with van der Waals surface area (Å²) in [5.74, 6) is -0.280. The molecule has 0 fully saturated rings. The van der Waals surface area contributed by atoms with Crippen LogP contribution < -0.4 is 5.32 Å². The number of benzene rings is 1. The van der Waals surface area contributed by atoms with Gasteiger partial charge < -0.3 is 10.4 Å². The Balaban J connectivity index is 2.06. The van der Waals surface area contributed by atoms with Gasteiger partial charge in [0.15, 0.2) is 0 Å². The molecule has 1 aromatic heterocycles. The molecular formula is C13H15N3O2. The summed E-state index contributed by atoms with van der Waals surface area (Å²) < 4.78 is 1.67. The molecule has 1 heterocycles. The lowest BCUT2D eigenvalue weighted by atomic mass is 10.1. The number of phenols is 1. The van der Waals surface area contributed by atoms with E-state index in [1.54, 1.807) is 29.8 Å². The summed E-state index contributed by atoms with van der Waals surface area (Å²) in [4.78, 5) is 11.9. The van der Waals surface area contributed by atoms with Crippen LogP contribution in [0.5, 0.6) is 5.75 Å². The minimum absolute atomic E-state index is 0.0241. The Morgan fingerprint density at radius 3 is 2.89 bits per heavy atom. The van der Waals surface area contributed by atoms with E-state index in [1.807, 2.05) is 19.3 Å². The number of aromatic nitrogens is 2. The third kappa shape index (κ3) is 2.51. The minimum atomic E-state index is -0.304. The first kappa shape index (κ1) is 12.2. The molecule has 0 spiro atoms. The molecule has 0 radical (unpaired) electrons. The van der Waals surface area contributed by atoms with Crippen LogP contribution in [0.3, 0.4) is 0 Å².